The summed E-state index contributed by atoms with van der Waals surface area (Å²) in [6, 6.07) is 13.8. The fourth-order valence-corrected chi connectivity index (χ4v) is 3.35. The van der Waals surface area contributed by atoms with Crippen LogP contribution in [0.15, 0.2) is 48.5 Å². The molecule has 3 heteroatoms. The zero-order valence-electron chi connectivity index (χ0n) is 12.0. The van der Waals surface area contributed by atoms with Gasteiger partial charge in [-0.15, -0.1) is 0 Å². The average Bonchev–Trinajstić information content (AvgIpc) is 2.71. The van der Waals surface area contributed by atoms with E-state index in [1.807, 2.05) is 12.1 Å². The minimum Gasteiger partial charge on any atom is -0.166 e. The Kier molecular flexibility index (Phi) is 3.12. The molecular formula is C18H17F3. The molecule has 1 aliphatic carbocycles. The monoisotopic (exact) mass is 290 g/mol. The van der Waals surface area contributed by atoms with Gasteiger partial charge in [0.25, 0.3) is 0 Å². The van der Waals surface area contributed by atoms with Gasteiger partial charge in [-0.2, -0.15) is 13.2 Å². The lowest BCUT2D eigenvalue weighted by atomic mass is 9.85. The fraction of sp³-hybridized carbons (Fsp3) is 0.333. The van der Waals surface area contributed by atoms with E-state index in [1.165, 1.54) is 23.3 Å². The van der Waals surface area contributed by atoms with E-state index in [1.54, 1.807) is 12.1 Å². The molecule has 0 nitrogen and oxygen atoms in total. The van der Waals surface area contributed by atoms with Crippen LogP contribution in [0.1, 0.15) is 48.4 Å². The van der Waals surface area contributed by atoms with Crippen molar-refractivity contribution in [3.05, 3.63) is 70.8 Å². The third-order valence-electron chi connectivity index (χ3n) is 4.42. The van der Waals surface area contributed by atoms with Crippen LogP contribution in [0, 0.1) is 0 Å². The van der Waals surface area contributed by atoms with Crippen LogP contribution in [0.4, 0.5) is 13.2 Å². The molecule has 0 saturated carbocycles. The Labute approximate surface area is 122 Å². The maximum Gasteiger partial charge on any atom is 0.416 e. The van der Waals surface area contributed by atoms with Crippen molar-refractivity contribution in [2.45, 2.75) is 37.8 Å². The van der Waals surface area contributed by atoms with Crippen LogP contribution in [0.3, 0.4) is 0 Å². The van der Waals surface area contributed by atoms with E-state index in [2.05, 4.69) is 26.0 Å². The zero-order chi connectivity index (χ0) is 15.3. The Hall–Kier alpha value is -1.77. The minimum atomic E-state index is -4.27. The first-order valence-electron chi connectivity index (χ1n) is 7.05. The van der Waals surface area contributed by atoms with Gasteiger partial charge in [0.2, 0.25) is 0 Å². The first kappa shape index (κ1) is 14.2. The maximum absolute atomic E-state index is 12.7. The molecule has 1 unspecified atom stereocenters. The van der Waals surface area contributed by atoms with Crippen LogP contribution in [0.2, 0.25) is 0 Å². The summed E-state index contributed by atoms with van der Waals surface area (Å²) in [5, 5.41) is 0. The Morgan fingerprint density at radius 1 is 0.952 bits per heavy atom. The summed E-state index contributed by atoms with van der Waals surface area (Å²) >= 11 is 0. The molecule has 0 aromatic heterocycles. The van der Waals surface area contributed by atoms with Crippen molar-refractivity contribution in [1.82, 2.24) is 0 Å². The summed E-state index contributed by atoms with van der Waals surface area (Å²) in [5.74, 6) is 0.179. The molecule has 21 heavy (non-hydrogen) atoms. The third kappa shape index (κ3) is 2.45. The largest absolute Gasteiger partial charge is 0.416 e. The second kappa shape index (κ2) is 4.62. The number of alkyl halides is 3. The fourth-order valence-electron chi connectivity index (χ4n) is 3.35. The van der Waals surface area contributed by atoms with Gasteiger partial charge in [0.15, 0.2) is 0 Å². The van der Waals surface area contributed by atoms with Gasteiger partial charge in [0, 0.05) is 5.92 Å². The highest BCUT2D eigenvalue weighted by atomic mass is 19.4. The Morgan fingerprint density at radius 3 is 2.19 bits per heavy atom. The predicted octanol–water partition coefficient (Wildman–Crippen LogP) is 5.52. The van der Waals surface area contributed by atoms with Crippen molar-refractivity contribution < 1.29 is 13.2 Å². The Balaban J connectivity index is 1.99. The molecule has 0 spiro atoms. The molecule has 0 saturated heterocycles. The summed E-state index contributed by atoms with van der Waals surface area (Å²) < 4.78 is 38.0. The molecule has 0 N–H and O–H groups in total. The van der Waals surface area contributed by atoms with E-state index in [4.69, 9.17) is 0 Å². The van der Waals surface area contributed by atoms with Crippen molar-refractivity contribution in [2.75, 3.05) is 0 Å². The predicted molar refractivity (Wildman–Crippen MR) is 77.4 cm³/mol. The van der Waals surface area contributed by atoms with Crippen molar-refractivity contribution in [2.24, 2.45) is 0 Å². The maximum atomic E-state index is 12.7. The number of halogens is 3. The van der Waals surface area contributed by atoms with Gasteiger partial charge in [-0.3, -0.25) is 0 Å². The second-order valence-corrected chi connectivity index (χ2v) is 6.35. The van der Waals surface area contributed by atoms with Crippen molar-refractivity contribution in [1.29, 1.82) is 0 Å². The van der Waals surface area contributed by atoms with Crippen LogP contribution < -0.4 is 0 Å². The first-order valence-corrected chi connectivity index (χ1v) is 7.05. The molecule has 0 radical (unpaired) electrons. The van der Waals surface area contributed by atoms with Crippen molar-refractivity contribution >= 4 is 0 Å². The molecule has 2 aromatic rings. The van der Waals surface area contributed by atoms with Gasteiger partial charge >= 0.3 is 6.18 Å². The van der Waals surface area contributed by atoms with E-state index in [0.717, 1.165) is 12.0 Å². The number of fused-ring (bicyclic) bond motifs is 1. The summed E-state index contributed by atoms with van der Waals surface area (Å²) in [6.07, 6.45) is -3.34. The first-order chi connectivity index (χ1) is 9.79. The summed E-state index contributed by atoms with van der Waals surface area (Å²) in [4.78, 5) is 0. The molecule has 1 aliphatic rings. The van der Waals surface area contributed by atoms with Gasteiger partial charge in [-0.1, -0.05) is 50.2 Å². The quantitative estimate of drug-likeness (QED) is 0.649. The third-order valence-corrected chi connectivity index (χ3v) is 4.42. The SMILES string of the molecule is CC1(C)CC(c2ccc(C(F)(F)F)cc2)c2ccccc21. The lowest BCUT2D eigenvalue weighted by molar-refractivity contribution is -0.137. The van der Waals surface area contributed by atoms with E-state index in [-0.39, 0.29) is 11.3 Å². The standard InChI is InChI=1S/C18H17F3/c1-17(2)11-15(14-5-3-4-6-16(14)17)12-7-9-13(10-8-12)18(19,20)21/h3-10,15H,11H2,1-2H3. The number of hydrogen-bond donors (Lipinski definition) is 0. The van der Waals surface area contributed by atoms with Crippen LogP contribution in [-0.4, -0.2) is 0 Å². The minimum absolute atomic E-state index is 0.0595. The lowest BCUT2D eigenvalue weighted by Crippen LogP contribution is -2.12. The number of benzene rings is 2. The van der Waals surface area contributed by atoms with Crippen LogP contribution in [-0.2, 0) is 11.6 Å². The van der Waals surface area contributed by atoms with Gasteiger partial charge in [-0.05, 0) is 40.7 Å². The number of rotatable bonds is 1. The zero-order valence-corrected chi connectivity index (χ0v) is 12.0. The van der Waals surface area contributed by atoms with E-state index < -0.39 is 11.7 Å². The van der Waals surface area contributed by atoms with E-state index in [0.29, 0.717) is 0 Å². The summed E-state index contributed by atoms with van der Waals surface area (Å²) in [5.41, 5.74) is 2.97. The highest BCUT2D eigenvalue weighted by Crippen LogP contribution is 2.48. The Morgan fingerprint density at radius 2 is 1.57 bits per heavy atom. The van der Waals surface area contributed by atoms with Gasteiger partial charge in [0.05, 0.1) is 5.56 Å². The van der Waals surface area contributed by atoms with Crippen molar-refractivity contribution in [3.8, 4) is 0 Å². The van der Waals surface area contributed by atoms with Crippen LogP contribution in [0.5, 0.6) is 0 Å². The van der Waals surface area contributed by atoms with Crippen molar-refractivity contribution in [3.63, 3.8) is 0 Å². The molecule has 0 aliphatic heterocycles. The van der Waals surface area contributed by atoms with E-state index >= 15 is 0 Å². The molecule has 0 bridgehead atoms. The molecule has 0 heterocycles. The average molecular weight is 290 g/mol. The highest BCUT2D eigenvalue weighted by molar-refractivity contribution is 5.47. The molecule has 0 amide bonds. The number of hydrogen-bond acceptors (Lipinski definition) is 0. The molecule has 3 rings (SSSR count). The summed E-state index contributed by atoms with van der Waals surface area (Å²) in [7, 11) is 0. The van der Waals surface area contributed by atoms with Crippen LogP contribution >= 0.6 is 0 Å². The molecular weight excluding hydrogens is 273 g/mol. The molecule has 0 fully saturated rings. The summed E-state index contributed by atoms with van der Waals surface area (Å²) in [6.45, 7) is 4.38. The smallest absolute Gasteiger partial charge is 0.166 e. The normalized spacial score (nSPS) is 20.3. The highest BCUT2D eigenvalue weighted by Gasteiger charge is 2.37. The van der Waals surface area contributed by atoms with Gasteiger partial charge < -0.3 is 0 Å². The Bertz CT molecular complexity index is 651. The van der Waals surface area contributed by atoms with E-state index in [9.17, 15) is 13.2 Å². The molecule has 110 valence electrons. The van der Waals surface area contributed by atoms with Crippen LogP contribution in [0.25, 0.3) is 0 Å². The lowest BCUT2D eigenvalue weighted by Gasteiger charge is -2.19. The molecule has 1 atom stereocenters. The second-order valence-electron chi connectivity index (χ2n) is 6.35. The molecule has 2 aromatic carbocycles. The topological polar surface area (TPSA) is 0 Å². The van der Waals surface area contributed by atoms with Gasteiger partial charge in [-0.25, -0.2) is 0 Å². The van der Waals surface area contributed by atoms with Gasteiger partial charge in [0.1, 0.15) is 0 Å².